The van der Waals surface area contributed by atoms with Crippen molar-refractivity contribution in [3.8, 4) is 0 Å². The summed E-state index contributed by atoms with van der Waals surface area (Å²) in [6.07, 6.45) is 3.50. The minimum Gasteiger partial charge on any atom is -0.322 e. The van der Waals surface area contributed by atoms with Crippen LogP contribution < -0.4 is 11.1 Å². The van der Waals surface area contributed by atoms with Crippen LogP contribution in [0, 0.1) is 5.92 Å². The topological polar surface area (TPSA) is 76.2 Å². The first kappa shape index (κ1) is 16.7. The fourth-order valence-electron chi connectivity index (χ4n) is 1.86. The molecule has 1 aromatic rings. The molecule has 0 aromatic carbocycles. The predicted octanol–water partition coefficient (Wildman–Crippen LogP) is 1.15. The Morgan fingerprint density at radius 3 is 2.65 bits per heavy atom. The summed E-state index contributed by atoms with van der Waals surface area (Å²) < 4.78 is 1.84. The Balaban J connectivity index is 2.49. The van der Waals surface area contributed by atoms with Crippen molar-refractivity contribution < 1.29 is 4.79 Å². The molecule has 3 N–H and O–H groups in total. The number of anilines is 1. The predicted molar refractivity (Wildman–Crippen MR) is 81.5 cm³/mol. The third kappa shape index (κ3) is 4.94. The van der Waals surface area contributed by atoms with Crippen molar-refractivity contribution in [1.82, 2.24) is 14.7 Å². The van der Waals surface area contributed by atoms with E-state index < -0.39 is 6.04 Å². The van der Waals surface area contributed by atoms with Gasteiger partial charge < -0.3 is 16.0 Å². The minimum absolute atomic E-state index is 0.118. The highest BCUT2D eigenvalue weighted by molar-refractivity contribution is 5.94. The molecule has 6 heteroatoms. The number of nitrogens with two attached hydrogens (primary N) is 1. The minimum atomic E-state index is -0.492. The number of rotatable bonds is 8. The number of amides is 1. The van der Waals surface area contributed by atoms with Crippen LogP contribution in [0.5, 0.6) is 0 Å². The van der Waals surface area contributed by atoms with Gasteiger partial charge in [-0.15, -0.1) is 0 Å². The van der Waals surface area contributed by atoms with E-state index in [1.807, 2.05) is 24.7 Å². The first-order valence-corrected chi connectivity index (χ1v) is 7.29. The largest absolute Gasteiger partial charge is 0.322 e. The van der Waals surface area contributed by atoms with Crippen molar-refractivity contribution in [2.75, 3.05) is 25.0 Å². The lowest BCUT2D eigenvalue weighted by molar-refractivity contribution is -0.118. The van der Waals surface area contributed by atoms with Crippen LogP contribution in [-0.4, -0.2) is 46.3 Å². The van der Waals surface area contributed by atoms with Crippen molar-refractivity contribution in [1.29, 1.82) is 0 Å². The van der Waals surface area contributed by atoms with Gasteiger partial charge in [0.2, 0.25) is 5.91 Å². The van der Waals surface area contributed by atoms with Crippen LogP contribution in [0.15, 0.2) is 12.4 Å². The second-order valence-electron chi connectivity index (χ2n) is 5.28. The number of likely N-dealkylation sites (N-methyl/N-ethyl adjacent to an activating group) is 1. The summed E-state index contributed by atoms with van der Waals surface area (Å²) in [5.41, 5.74) is 6.50. The summed E-state index contributed by atoms with van der Waals surface area (Å²) in [6.45, 7) is 12.0. The molecular weight excluding hydrogens is 254 g/mol. The molecule has 6 nitrogen and oxygen atoms in total. The maximum Gasteiger partial charge on any atom is 0.241 e. The van der Waals surface area contributed by atoms with Crippen molar-refractivity contribution in [3.63, 3.8) is 0 Å². The third-order valence-electron chi connectivity index (χ3n) is 3.46. The average molecular weight is 281 g/mol. The van der Waals surface area contributed by atoms with E-state index in [1.165, 1.54) is 0 Å². The van der Waals surface area contributed by atoms with Crippen LogP contribution in [0.1, 0.15) is 27.7 Å². The molecule has 0 aliphatic carbocycles. The van der Waals surface area contributed by atoms with E-state index in [0.717, 1.165) is 26.2 Å². The molecule has 0 aliphatic rings. The van der Waals surface area contributed by atoms with Crippen molar-refractivity contribution in [2.24, 2.45) is 11.7 Å². The number of aromatic nitrogens is 2. The molecule has 0 spiro atoms. The van der Waals surface area contributed by atoms with E-state index in [2.05, 4.69) is 29.2 Å². The number of nitrogens with one attached hydrogen (secondary N) is 1. The van der Waals surface area contributed by atoms with Crippen molar-refractivity contribution >= 4 is 11.6 Å². The first-order valence-electron chi connectivity index (χ1n) is 7.29. The smallest absolute Gasteiger partial charge is 0.241 e. The molecule has 1 atom stereocenters. The Morgan fingerprint density at radius 1 is 1.45 bits per heavy atom. The molecule has 0 fully saturated rings. The molecule has 0 saturated heterocycles. The van der Waals surface area contributed by atoms with Crippen LogP contribution in [0.4, 0.5) is 5.69 Å². The van der Waals surface area contributed by atoms with Gasteiger partial charge in [-0.05, 0) is 19.0 Å². The standard InChI is InChI=1S/C14H27N5O/c1-5-18(6-2)7-8-19-10-12(9-16-19)17-14(20)13(15)11(3)4/h9-11,13H,5-8,15H2,1-4H3,(H,17,20). The van der Waals surface area contributed by atoms with E-state index in [4.69, 9.17) is 5.73 Å². The van der Waals surface area contributed by atoms with Gasteiger partial charge in [-0.2, -0.15) is 5.10 Å². The molecule has 0 aliphatic heterocycles. The molecule has 0 saturated carbocycles. The lowest BCUT2D eigenvalue weighted by atomic mass is 10.1. The summed E-state index contributed by atoms with van der Waals surface area (Å²) in [5, 5.41) is 7.05. The highest BCUT2D eigenvalue weighted by Crippen LogP contribution is 2.07. The SMILES string of the molecule is CCN(CC)CCn1cc(NC(=O)C(N)C(C)C)cn1. The fourth-order valence-corrected chi connectivity index (χ4v) is 1.86. The quantitative estimate of drug-likeness (QED) is 0.749. The van der Waals surface area contributed by atoms with Gasteiger partial charge in [0.15, 0.2) is 0 Å². The van der Waals surface area contributed by atoms with Crippen LogP contribution in [-0.2, 0) is 11.3 Å². The summed E-state index contributed by atoms with van der Waals surface area (Å²) in [7, 11) is 0. The van der Waals surface area contributed by atoms with Gasteiger partial charge in [0.1, 0.15) is 0 Å². The number of carbonyl (C=O) groups is 1. The molecular formula is C14H27N5O. The van der Waals surface area contributed by atoms with Gasteiger partial charge in [-0.1, -0.05) is 27.7 Å². The van der Waals surface area contributed by atoms with Crippen LogP contribution in [0.3, 0.4) is 0 Å². The van der Waals surface area contributed by atoms with Gasteiger partial charge in [0.25, 0.3) is 0 Å². The molecule has 1 unspecified atom stereocenters. The van der Waals surface area contributed by atoms with Gasteiger partial charge in [0, 0.05) is 12.7 Å². The lowest BCUT2D eigenvalue weighted by Crippen LogP contribution is -2.39. The van der Waals surface area contributed by atoms with Gasteiger partial charge in [0.05, 0.1) is 24.5 Å². The van der Waals surface area contributed by atoms with Gasteiger partial charge >= 0.3 is 0 Å². The number of carbonyl (C=O) groups excluding carboxylic acids is 1. The number of nitrogens with zero attached hydrogens (tertiary/aromatic N) is 3. The van der Waals surface area contributed by atoms with Crippen molar-refractivity contribution in [2.45, 2.75) is 40.3 Å². The fraction of sp³-hybridized carbons (Fsp3) is 0.714. The highest BCUT2D eigenvalue weighted by Gasteiger charge is 2.17. The molecule has 1 heterocycles. The molecule has 0 radical (unpaired) electrons. The van der Waals surface area contributed by atoms with Crippen LogP contribution >= 0.6 is 0 Å². The maximum atomic E-state index is 11.8. The Hall–Kier alpha value is -1.40. The van der Waals surface area contributed by atoms with E-state index in [-0.39, 0.29) is 11.8 Å². The van der Waals surface area contributed by atoms with E-state index in [0.29, 0.717) is 5.69 Å². The van der Waals surface area contributed by atoms with E-state index in [1.54, 1.807) is 6.20 Å². The molecule has 0 bridgehead atoms. The molecule has 1 amide bonds. The third-order valence-corrected chi connectivity index (χ3v) is 3.46. The highest BCUT2D eigenvalue weighted by atomic mass is 16.2. The summed E-state index contributed by atoms with van der Waals surface area (Å²) in [6, 6.07) is -0.492. The van der Waals surface area contributed by atoms with Crippen molar-refractivity contribution in [3.05, 3.63) is 12.4 Å². The number of hydrogen-bond donors (Lipinski definition) is 2. The Morgan fingerprint density at radius 2 is 2.10 bits per heavy atom. The summed E-state index contributed by atoms with van der Waals surface area (Å²) in [4.78, 5) is 14.2. The summed E-state index contributed by atoms with van der Waals surface area (Å²) in [5.74, 6) is -0.0454. The Kier molecular flexibility index (Phi) is 6.67. The zero-order valence-corrected chi connectivity index (χ0v) is 13.0. The van der Waals surface area contributed by atoms with Crippen LogP contribution in [0.2, 0.25) is 0 Å². The van der Waals surface area contributed by atoms with E-state index in [9.17, 15) is 4.79 Å². The lowest BCUT2D eigenvalue weighted by Gasteiger charge is -2.17. The molecule has 1 rings (SSSR count). The Bertz CT molecular complexity index is 411. The van der Waals surface area contributed by atoms with Crippen LogP contribution in [0.25, 0.3) is 0 Å². The molecule has 20 heavy (non-hydrogen) atoms. The Labute approximate surface area is 121 Å². The van der Waals surface area contributed by atoms with Gasteiger partial charge in [-0.3, -0.25) is 9.48 Å². The average Bonchev–Trinajstić information content (AvgIpc) is 2.86. The number of hydrogen-bond acceptors (Lipinski definition) is 4. The zero-order chi connectivity index (χ0) is 15.1. The first-order chi connectivity index (χ1) is 9.47. The van der Waals surface area contributed by atoms with Gasteiger partial charge in [-0.25, -0.2) is 0 Å². The zero-order valence-electron chi connectivity index (χ0n) is 13.0. The molecule has 1 aromatic heterocycles. The normalized spacial score (nSPS) is 12.9. The molecule has 114 valence electrons. The maximum absolute atomic E-state index is 11.8. The summed E-state index contributed by atoms with van der Waals surface area (Å²) >= 11 is 0. The second kappa shape index (κ2) is 8.01. The van der Waals surface area contributed by atoms with E-state index >= 15 is 0 Å². The second-order valence-corrected chi connectivity index (χ2v) is 5.28. The monoisotopic (exact) mass is 281 g/mol.